The van der Waals surface area contributed by atoms with Crippen LogP contribution in [0.1, 0.15) is 24.3 Å². The number of hydrogen-bond acceptors (Lipinski definition) is 3. The Kier molecular flexibility index (Phi) is 6.40. The summed E-state index contributed by atoms with van der Waals surface area (Å²) in [4.78, 5) is 13.7. The van der Waals surface area contributed by atoms with Gasteiger partial charge in [-0.15, -0.1) is 0 Å². The van der Waals surface area contributed by atoms with Crippen LogP contribution in [0.3, 0.4) is 0 Å². The highest BCUT2D eigenvalue weighted by molar-refractivity contribution is 7.84. The molecule has 0 bridgehead atoms. The summed E-state index contributed by atoms with van der Waals surface area (Å²) < 4.78 is 17.3. The summed E-state index contributed by atoms with van der Waals surface area (Å²) in [5, 5.41) is 2.79. The molecule has 0 aliphatic heterocycles. The van der Waals surface area contributed by atoms with Gasteiger partial charge in [0.15, 0.2) is 0 Å². The first kappa shape index (κ1) is 17.3. The van der Waals surface area contributed by atoms with Gasteiger partial charge in [-0.3, -0.25) is 4.21 Å². The first-order chi connectivity index (χ1) is 11.1. The number of hydrogen-bond donors (Lipinski definition) is 1. The molecule has 5 nitrogen and oxygen atoms in total. The Morgan fingerprint density at radius 3 is 2.65 bits per heavy atom. The Labute approximate surface area is 139 Å². The lowest BCUT2D eigenvalue weighted by Gasteiger charge is -2.23. The largest absolute Gasteiger partial charge is 0.467 e. The molecule has 2 aromatic rings. The van der Waals surface area contributed by atoms with E-state index in [9.17, 15) is 9.00 Å². The van der Waals surface area contributed by atoms with Crippen LogP contribution in [0.2, 0.25) is 0 Å². The summed E-state index contributed by atoms with van der Waals surface area (Å²) >= 11 is 0. The maximum absolute atomic E-state index is 12.1. The van der Waals surface area contributed by atoms with Gasteiger partial charge in [0, 0.05) is 35.9 Å². The summed E-state index contributed by atoms with van der Waals surface area (Å²) in [6, 6.07) is 13.0. The minimum absolute atomic E-state index is 0.153. The van der Waals surface area contributed by atoms with Crippen molar-refractivity contribution in [1.82, 2.24) is 10.2 Å². The summed E-state index contributed by atoms with van der Waals surface area (Å²) in [6.07, 6.45) is 1.59. The van der Waals surface area contributed by atoms with Crippen LogP contribution in [0.4, 0.5) is 4.79 Å². The van der Waals surface area contributed by atoms with Crippen LogP contribution in [0, 0.1) is 0 Å². The highest BCUT2D eigenvalue weighted by atomic mass is 32.2. The third kappa shape index (κ3) is 5.25. The van der Waals surface area contributed by atoms with Crippen molar-refractivity contribution in [1.29, 1.82) is 0 Å². The SMILES string of the molecule is C[C@@H](c1ccco1)N(C)C(=O)NCC[S@@](=O)Cc1ccccc1. The number of nitrogens with zero attached hydrogens (tertiary/aromatic N) is 1. The molecular formula is C17H22N2O3S. The second kappa shape index (κ2) is 8.53. The van der Waals surface area contributed by atoms with E-state index in [1.54, 1.807) is 24.3 Å². The molecule has 124 valence electrons. The van der Waals surface area contributed by atoms with E-state index >= 15 is 0 Å². The fourth-order valence-corrected chi connectivity index (χ4v) is 3.16. The van der Waals surface area contributed by atoms with Crippen molar-refractivity contribution in [2.24, 2.45) is 0 Å². The lowest BCUT2D eigenvalue weighted by Crippen LogP contribution is -2.40. The van der Waals surface area contributed by atoms with Crippen LogP contribution >= 0.6 is 0 Å². The molecular weight excluding hydrogens is 312 g/mol. The Morgan fingerprint density at radius 1 is 1.26 bits per heavy atom. The van der Waals surface area contributed by atoms with Crippen molar-refractivity contribution in [2.75, 3.05) is 19.3 Å². The Bertz CT molecular complexity index is 629. The molecule has 0 saturated heterocycles. The highest BCUT2D eigenvalue weighted by Gasteiger charge is 2.19. The molecule has 2 amide bonds. The molecule has 0 radical (unpaired) electrons. The monoisotopic (exact) mass is 334 g/mol. The van der Waals surface area contributed by atoms with E-state index < -0.39 is 10.8 Å². The van der Waals surface area contributed by atoms with Gasteiger partial charge in [-0.1, -0.05) is 30.3 Å². The van der Waals surface area contributed by atoms with Crippen LogP contribution in [0.25, 0.3) is 0 Å². The van der Waals surface area contributed by atoms with E-state index in [2.05, 4.69) is 5.32 Å². The third-order valence-corrected chi connectivity index (χ3v) is 4.95. The molecule has 1 heterocycles. The van der Waals surface area contributed by atoms with E-state index in [4.69, 9.17) is 4.42 Å². The van der Waals surface area contributed by atoms with Crippen LogP contribution in [-0.4, -0.2) is 34.5 Å². The van der Waals surface area contributed by atoms with Crippen LogP contribution in [0.5, 0.6) is 0 Å². The van der Waals surface area contributed by atoms with Gasteiger partial charge in [-0.05, 0) is 24.6 Å². The van der Waals surface area contributed by atoms with Crippen molar-refractivity contribution >= 4 is 16.8 Å². The third-order valence-electron chi connectivity index (χ3n) is 3.63. The molecule has 23 heavy (non-hydrogen) atoms. The van der Waals surface area contributed by atoms with Gasteiger partial charge in [0.05, 0.1) is 12.3 Å². The fourth-order valence-electron chi connectivity index (χ4n) is 2.12. The molecule has 0 saturated carbocycles. The maximum atomic E-state index is 12.1. The van der Waals surface area contributed by atoms with Crippen LogP contribution < -0.4 is 5.32 Å². The molecule has 6 heteroatoms. The first-order valence-corrected chi connectivity index (χ1v) is 8.99. The number of nitrogens with one attached hydrogen (secondary N) is 1. The number of carbonyl (C=O) groups is 1. The molecule has 0 unspecified atom stereocenters. The summed E-state index contributed by atoms with van der Waals surface area (Å²) in [5.74, 6) is 1.68. The number of benzene rings is 1. The molecule has 0 aliphatic carbocycles. The number of furan rings is 1. The summed E-state index contributed by atoms with van der Waals surface area (Å²) in [7, 11) is 0.719. The maximum Gasteiger partial charge on any atom is 0.317 e. The Hall–Kier alpha value is -2.08. The van der Waals surface area contributed by atoms with Crippen molar-refractivity contribution in [3.8, 4) is 0 Å². The lowest BCUT2D eigenvalue weighted by molar-refractivity contribution is 0.188. The average Bonchev–Trinajstić information content (AvgIpc) is 3.08. The Balaban J connectivity index is 1.73. The van der Waals surface area contributed by atoms with E-state index in [1.165, 1.54) is 0 Å². The van der Waals surface area contributed by atoms with Gasteiger partial charge in [-0.2, -0.15) is 0 Å². The zero-order valence-corrected chi connectivity index (χ0v) is 14.2. The van der Waals surface area contributed by atoms with Crippen LogP contribution in [0.15, 0.2) is 53.1 Å². The summed E-state index contributed by atoms with van der Waals surface area (Å²) in [5.41, 5.74) is 1.04. The number of carbonyl (C=O) groups excluding carboxylic acids is 1. The number of rotatable bonds is 7. The van der Waals surface area contributed by atoms with E-state index in [1.807, 2.05) is 43.3 Å². The normalized spacial score (nSPS) is 13.3. The van der Waals surface area contributed by atoms with Crippen molar-refractivity contribution in [2.45, 2.75) is 18.7 Å². The minimum atomic E-state index is -0.993. The second-order valence-electron chi connectivity index (χ2n) is 5.31. The molecule has 0 fully saturated rings. The smallest absolute Gasteiger partial charge is 0.317 e. The second-order valence-corrected chi connectivity index (χ2v) is 6.88. The van der Waals surface area contributed by atoms with Crippen molar-refractivity contribution in [3.05, 3.63) is 60.1 Å². The van der Waals surface area contributed by atoms with E-state index in [0.29, 0.717) is 18.1 Å². The topological polar surface area (TPSA) is 62.6 Å². The molecule has 2 atom stereocenters. The quantitative estimate of drug-likeness (QED) is 0.847. The van der Waals surface area contributed by atoms with Gasteiger partial charge >= 0.3 is 6.03 Å². The zero-order valence-electron chi connectivity index (χ0n) is 13.4. The predicted molar refractivity (Wildman–Crippen MR) is 91.4 cm³/mol. The molecule has 0 aliphatic rings. The molecule has 1 aromatic heterocycles. The van der Waals surface area contributed by atoms with Crippen molar-refractivity contribution < 1.29 is 13.4 Å². The fraction of sp³-hybridized carbons (Fsp3) is 0.353. The zero-order chi connectivity index (χ0) is 16.7. The predicted octanol–water partition coefficient (Wildman–Crippen LogP) is 2.93. The number of amides is 2. The molecule has 2 rings (SSSR count). The molecule has 1 aromatic carbocycles. The first-order valence-electron chi connectivity index (χ1n) is 7.51. The van der Waals surface area contributed by atoms with Gasteiger partial charge in [0.1, 0.15) is 5.76 Å². The van der Waals surface area contributed by atoms with E-state index in [0.717, 1.165) is 11.3 Å². The van der Waals surface area contributed by atoms with E-state index in [-0.39, 0.29) is 12.1 Å². The molecule has 0 spiro atoms. The van der Waals surface area contributed by atoms with Gasteiger partial charge in [0.25, 0.3) is 0 Å². The van der Waals surface area contributed by atoms with Gasteiger partial charge in [0.2, 0.25) is 0 Å². The highest BCUT2D eigenvalue weighted by Crippen LogP contribution is 2.18. The van der Waals surface area contributed by atoms with Crippen LogP contribution in [-0.2, 0) is 16.6 Å². The number of urea groups is 1. The Morgan fingerprint density at radius 2 is 2.00 bits per heavy atom. The summed E-state index contributed by atoms with van der Waals surface area (Å²) in [6.45, 7) is 2.28. The van der Waals surface area contributed by atoms with Gasteiger partial charge < -0.3 is 14.6 Å². The standard InChI is InChI=1S/C17H22N2O3S/c1-14(16-9-6-11-22-16)19(2)17(20)18-10-12-23(21)13-15-7-4-3-5-8-15/h3-9,11,14H,10,12-13H2,1-2H3,(H,18,20)/t14-,23+/m0/s1. The minimum Gasteiger partial charge on any atom is -0.467 e. The lowest BCUT2D eigenvalue weighted by atomic mass is 10.2. The molecule has 1 N–H and O–H groups in total. The average molecular weight is 334 g/mol. The van der Waals surface area contributed by atoms with Crippen molar-refractivity contribution in [3.63, 3.8) is 0 Å². The van der Waals surface area contributed by atoms with Gasteiger partial charge in [-0.25, -0.2) is 4.79 Å².